The Hall–Kier alpha value is -2.23. The van der Waals surface area contributed by atoms with E-state index < -0.39 is 6.04 Å². The van der Waals surface area contributed by atoms with Gasteiger partial charge >= 0.3 is 0 Å². The Balaban J connectivity index is 0.00000280. The minimum Gasteiger partial charge on any atom is -0.346 e. The van der Waals surface area contributed by atoms with Crippen LogP contribution >= 0.6 is 24.0 Å². The summed E-state index contributed by atoms with van der Waals surface area (Å²) in [7, 11) is 0. The summed E-state index contributed by atoms with van der Waals surface area (Å²) in [5.74, 6) is 0.361. The molecule has 0 saturated heterocycles. The van der Waals surface area contributed by atoms with Crippen molar-refractivity contribution in [3.8, 4) is 5.69 Å². The standard InChI is InChI=1S/C17H22ClN7O2.ClH/c1-9(2)15(19)17(27)20-8-14(26)21-11-5-6-12(18)13(7-11)25-16(10-3-4-10)22-23-24-25;/h5-7,9-10,15H,3-4,8,19H2,1-2H3,(H,20,27)(H,21,26);1H/t15-;/m0./s1. The first-order valence-corrected chi connectivity index (χ1v) is 9.16. The van der Waals surface area contributed by atoms with E-state index in [1.165, 1.54) is 0 Å². The van der Waals surface area contributed by atoms with Crippen LogP contribution in [0.5, 0.6) is 0 Å². The van der Waals surface area contributed by atoms with Gasteiger partial charge in [0.2, 0.25) is 11.8 Å². The second-order valence-corrected chi connectivity index (χ2v) is 7.33. The first kappa shape index (κ1) is 22.1. The maximum atomic E-state index is 12.1. The first-order valence-electron chi connectivity index (χ1n) is 8.78. The third-order valence-electron chi connectivity index (χ3n) is 4.34. The van der Waals surface area contributed by atoms with Crippen molar-refractivity contribution in [3.63, 3.8) is 0 Å². The predicted molar refractivity (Wildman–Crippen MR) is 108 cm³/mol. The number of tetrazole rings is 1. The van der Waals surface area contributed by atoms with Gasteiger partial charge in [-0.25, -0.2) is 0 Å². The second kappa shape index (κ2) is 9.31. The number of carbonyl (C=O) groups is 2. The van der Waals surface area contributed by atoms with Gasteiger partial charge in [0.15, 0.2) is 5.82 Å². The summed E-state index contributed by atoms with van der Waals surface area (Å²) in [5, 5.41) is 17.5. The summed E-state index contributed by atoms with van der Waals surface area (Å²) < 4.78 is 1.60. The van der Waals surface area contributed by atoms with E-state index in [2.05, 4.69) is 26.2 Å². The minimum absolute atomic E-state index is 0. The lowest BCUT2D eigenvalue weighted by atomic mass is 10.1. The zero-order chi connectivity index (χ0) is 19.6. The van der Waals surface area contributed by atoms with E-state index in [1.807, 2.05) is 13.8 Å². The number of benzene rings is 1. The van der Waals surface area contributed by atoms with Crippen molar-refractivity contribution < 1.29 is 9.59 Å². The number of carbonyl (C=O) groups excluding carboxylic acids is 2. The zero-order valence-corrected chi connectivity index (χ0v) is 17.1. The highest BCUT2D eigenvalue weighted by Crippen LogP contribution is 2.39. The van der Waals surface area contributed by atoms with Crippen molar-refractivity contribution in [1.29, 1.82) is 0 Å². The second-order valence-electron chi connectivity index (χ2n) is 6.93. The molecule has 1 aromatic carbocycles. The molecule has 1 heterocycles. The molecule has 1 atom stereocenters. The molecule has 2 aromatic rings. The number of hydrogen-bond donors (Lipinski definition) is 3. The molecule has 0 unspecified atom stereocenters. The summed E-state index contributed by atoms with van der Waals surface area (Å²) in [6.07, 6.45) is 2.10. The molecular weight excluding hydrogens is 405 g/mol. The van der Waals surface area contributed by atoms with Crippen molar-refractivity contribution in [2.45, 2.75) is 38.6 Å². The molecule has 0 spiro atoms. The van der Waals surface area contributed by atoms with E-state index in [-0.39, 0.29) is 36.7 Å². The minimum atomic E-state index is -0.652. The van der Waals surface area contributed by atoms with Crippen LogP contribution in [-0.2, 0) is 9.59 Å². The van der Waals surface area contributed by atoms with Crippen LogP contribution in [-0.4, -0.2) is 44.6 Å². The Labute approximate surface area is 173 Å². The SMILES string of the molecule is CC(C)[C@H](N)C(=O)NCC(=O)Nc1ccc(Cl)c(-n2nnnc2C2CC2)c1.Cl. The van der Waals surface area contributed by atoms with Gasteiger partial charge < -0.3 is 16.4 Å². The predicted octanol–water partition coefficient (Wildman–Crippen LogP) is 1.65. The average molecular weight is 428 g/mol. The van der Waals surface area contributed by atoms with Crippen LogP contribution in [0.25, 0.3) is 5.69 Å². The summed E-state index contributed by atoms with van der Waals surface area (Å²) in [4.78, 5) is 24.0. The van der Waals surface area contributed by atoms with Gasteiger partial charge in [0, 0.05) is 11.6 Å². The molecule has 11 heteroatoms. The molecule has 3 rings (SSSR count). The van der Waals surface area contributed by atoms with Crippen LogP contribution in [0, 0.1) is 5.92 Å². The van der Waals surface area contributed by atoms with E-state index >= 15 is 0 Å². The van der Waals surface area contributed by atoms with Crippen LogP contribution in [0.3, 0.4) is 0 Å². The van der Waals surface area contributed by atoms with Crippen LogP contribution in [0.2, 0.25) is 5.02 Å². The molecular formula is C17H23Cl2N7O2. The van der Waals surface area contributed by atoms with Gasteiger partial charge in [-0.15, -0.1) is 17.5 Å². The van der Waals surface area contributed by atoms with Gasteiger partial charge in [0.1, 0.15) is 0 Å². The molecule has 1 fully saturated rings. The number of anilines is 1. The molecule has 9 nitrogen and oxygen atoms in total. The van der Waals surface area contributed by atoms with E-state index in [0.29, 0.717) is 22.3 Å². The fourth-order valence-electron chi connectivity index (χ4n) is 2.51. The lowest BCUT2D eigenvalue weighted by Crippen LogP contribution is -2.46. The molecule has 0 bridgehead atoms. The van der Waals surface area contributed by atoms with Crippen molar-refractivity contribution in [3.05, 3.63) is 29.0 Å². The van der Waals surface area contributed by atoms with Gasteiger partial charge in [-0.2, -0.15) is 4.68 Å². The van der Waals surface area contributed by atoms with Crippen molar-refractivity contribution in [2.24, 2.45) is 11.7 Å². The molecule has 152 valence electrons. The molecule has 28 heavy (non-hydrogen) atoms. The molecule has 1 saturated carbocycles. The number of nitrogens with zero attached hydrogens (tertiary/aromatic N) is 4. The summed E-state index contributed by atoms with van der Waals surface area (Å²) in [6, 6.07) is 4.38. The van der Waals surface area contributed by atoms with Gasteiger partial charge in [0.05, 0.1) is 23.3 Å². The smallest absolute Gasteiger partial charge is 0.243 e. The normalized spacial score (nSPS) is 14.3. The highest BCUT2D eigenvalue weighted by Gasteiger charge is 2.30. The number of nitrogens with two attached hydrogens (primary N) is 1. The van der Waals surface area contributed by atoms with Crippen LogP contribution in [0.1, 0.15) is 38.4 Å². The molecule has 1 aliphatic carbocycles. The van der Waals surface area contributed by atoms with Gasteiger partial charge in [-0.05, 0) is 47.4 Å². The number of hydrogen-bond acceptors (Lipinski definition) is 6. The monoisotopic (exact) mass is 427 g/mol. The Morgan fingerprint density at radius 1 is 1.36 bits per heavy atom. The molecule has 0 radical (unpaired) electrons. The Kier molecular flexibility index (Phi) is 7.34. The number of halogens is 2. The molecule has 4 N–H and O–H groups in total. The molecule has 1 aromatic heterocycles. The van der Waals surface area contributed by atoms with Crippen LogP contribution < -0.4 is 16.4 Å². The van der Waals surface area contributed by atoms with Crippen LogP contribution in [0.4, 0.5) is 5.69 Å². The molecule has 1 aliphatic rings. The van der Waals surface area contributed by atoms with Crippen molar-refractivity contribution in [2.75, 3.05) is 11.9 Å². The number of aromatic nitrogens is 4. The van der Waals surface area contributed by atoms with Crippen LogP contribution in [0.15, 0.2) is 18.2 Å². The number of rotatable bonds is 7. The maximum absolute atomic E-state index is 12.1. The third-order valence-corrected chi connectivity index (χ3v) is 4.66. The van der Waals surface area contributed by atoms with E-state index in [4.69, 9.17) is 17.3 Å². The topological polar surface area (TPSA) is 128 Å². The quantitative estimate of drug-likeness (QED) is 0.615. The Bertz CT molecular complexity index is 852. The highest BCUT2D eigenvalue weighted by molar-refractivity contribution is 6.32. The van der Waals surface area contributed by atoms with E-state index in [1.54, 1.807) is 22.9 Å². The summed E-state index contributed by atoms with van der Waals surface area (Å²) in [5.41, 5.74) is 6.87. The summed E-state index contributed by atoms with van der Waals surface area (Å²) in [6.45, 7) is 3.51. The fraction of sp³-hybridized carbons (Fsp3) is 0.471. The number of amides is 2. The average Bonchev–Trinajstić information content (AvgIpc) is 3.37. The van der Waals surface area contributed by atoms with Gasteiger partial charge in [0.25, 0.3) is 0 Å². The Morgan fingerprint density at radius 3 is 2.71 bits per heavy atom. The fourth-order valence-corrected chi connectivity index (χ4v) is 2.71. The van der Waals surface area contributed by atoms with Crippen molar-refractivity contribution in [1.82, 2.24) is 25.5 Å². The maximum Gasteiger partial charge on any atom is 0.243 e. The first-order chi connectivity index (χ1) is 12.9. The van der Waals surface area contributed by atoms with E-state index in [0.717, 1.165) is 18.7 Å². The molecule has 2 amide bonds. The van der Waals surface area contributed by atoms with Gasteiger partial charge in [-0.1, -0.05) is 25.4 Å². The van der Waals surface area contributed by atoms with Crippen molar-refractivity contribution >= 4 is 41.5 Å². The lowest BCUT2D eigenvalue weighted by Gasteiger charge is -2.15. The summed E-state index contributed by atoms with van der Waals surface area (Å²) >= 11 is 6.29. The largest absolute Gasteiger partial charge is 0.346 e. The third kappa shape index (κ3) is 5.18. The van der Waals surface area contributed by atoms with E-state index in [9.17, 15) is 9.59 Å². The zero-order valence-electron chi connectivity index (χ0n) is 15.6. The number of nitrogens with one attached hydrogen (secondary N) is 2. The van der Waals surface area contributed by atoms with Gasteiger partial charge in [-0.3, -0.25) is 9.59 Å². The lowest BCUT2D eigenvalue weighted by molar-refractivity contribution is -0.125. The Morgan fingerprint density at radius 2 is 2.07 bits per heavy atom. The molecule has 0 aliphatic heterocycles. The highest BCUT2D eigenvalue weighted by atomic mass is 35.5.